The summed E-state index contributed by atoms with van der Waals surface area (Å²) < 4.78 is 5.11. The van der Waals surface area contributed by atoms with E-state index in [9.17, 15) is 4.79 Å². The van der Waals surface area contributed by atoms with Crippen LogP contribution in [0.3, 0.4) is 0 Å². The molecule has 0 spiro atoms. The molecule has 0 bridgehead atoms. The van der Waals surface area contributed by atoms with Gasteiger partial charge in [0.1, 0.15) is 5.75 Å². The number of ketones is 1. The number of methoxy groups -OCH3 is 1. The SMILES string of the molecule is COc1ccc(C#CCN/C(=C\C(C)=O)c2ccccc2)cc1. The Morgan fingerprint density at radius 3 is 2.43 bits per heavy atom. The number of carbonyl (C=O) groups is 1. The minimum absolute atomic E-state index is 0.000494. The summed E-state index contributed by atoms with van der Waals surface area (Å²) in [5, 5.41) is 3.20. The summed E-state index contributed by atoms with van der Waals surface area (Å²) in [6.07, 6.45) is 1.59. The van der Waals surface area contributed by atoms with Crippen LogP contribution in [0.2, 0.25) is 0 Å². The Morgan fingerprint density at radius 2 is 1.83 bits per heavy atom. The molecule has 0 atom stereocenters. The highest BCUT2D eigenvalue weighted by atomic mass is 16.5. The van der Waals surface area contributed by atoms with Crippen molar-refractivity contribution in [2.45, 2.75) is 6.92 Å². The van der Waals surface area contributed by atoms with Gasteiger partial charge in [-0.1, -0.05) is 42.2 Å². The topological polar surface area (TPSA) is 38.3 Å². The summed E-state index contributed by atoms with van der Waals surface area (Å²) in [5.41, 5.74) is 2.67. The number of hydrogen-bond acceptors (Lipinski definition) is 3. The van der Waals surface area contributed by atoms with Gasteiger partial charge in [-0.25, -0.2) is 0 Å². The van der Waals surface area contributed by atoms with Gasteiger partial charge in [-0.15, -0.1) is 0 Å². The van der Waals surface area contributed by atoms with Gasteiger partial charge < -0.3 is 10.1 Å². The zero-order valence-corrected chi connectivity index (χ0v) is 13.3. The van der Waals surface area contributed by atoms with E-state index in [4.69, 9.17) is 4.74 Å². The molecule has 3 heteroatoms. The highest BCUT2D eigenvalue weighted by Gasteiger charge is 2.00. The van der Waals surface area contributed by atoms with Gasteiger partial charge in [0, 0.05) is 17.3 Å². The molecule has 2 aromatic carbocycles. The second-order valence-corrected chi connectivity index (χ2v) is 4.92. The van der Waals surface area contributed by atoms with Gasteiger partial charge in [0.05, 0.1) is 13.7 Å². The van der Waals surface area contributed by atoms with Gasteiger partial charge >= 0.3 is 0 Å². The first-order chi connectivity index (χ1) is 11.2. The number of rotatable bonds is 5. The number of nitrogens with one attached hydrogen (secondary N) is 1. The fourth-order valence-corrected chi connectivity index (χ4v) is 2.02. The first-order valence-electron chi connectivity index (χ1n) is 7.33. The quantitative estimate of drug-likeness (QED) is 0.680. The van der Waals surface area contributed by atoms with Crippen LogP contribution >= 0.6 is 0 Å². The molecule has 0 amide bonds. The van der Waals surface area contributed by atoms with Gasteiger partial charge in [0.25, 0.3) is 0 Å². The molecule has 2 rings (SSSR count). The highest BCUT2D eigenvalue weighted by molar-refractivity contribution is 5.94. The average Bonchev–Trinajstić information content (AvgIpc) is 2.58. The Morgan fingerprint density at radius 1 is 1.13 bits per heavy atom. The van der Waals surface area contributed by atoms with Crippen molar-refractivity contribution in [3.63, 3.8) is 0 Å². The number of hydrogen-bond donors (Lipinski definition) is 1. The molecule has 0 saturated carbocycles. The zero-order chi connectivity index (χ0) is 16.5. The monoisotopic (exact) mass is 305 g/mol. The molecule has 0 aliphatic carbocycles. The maximum Gasteiger partial charge on any atom is 0.154 e. The minimum atomic E-state index is -0.000494. The molecule has 3 nitrogen and oxygen atoms in total. The third kappa shape index (κ3) is 5.37. The zero-order valence-electron chi connectivity index (χ0n) is 13.3. The standard InChI is InChI=1S/C20H19NO2/c1-16(22)15-20(18-8-4-3-5-9-18)21-14-6-7-17-10-12-19(23-2)13-11-17/h3-5,8-13,15,21H,14H2,1-2H3/b20-15-. The Kier molecular flexibility index (Phi) is 6.02. The maximum absolute atomic E-state index is 11.4. The van der Waals surface area contributed by atoms with Gasteiger partial charge in [-0.2, -0.15) is 0 Å². The summed E-state index contributed by atoms with van der Waals surface area (Å²) >= 11 is 0. The first-order valence-corrected chi connectivity index (χ1v) is 7.33. The van der Waals surface area contributed by atoms with Gasteiger partial charge in [-0.3, -0.25) is 4.79 Å². The normalized spacial score (nSPS) is 10.4. The molecule has 0 saturated heterocycles. The van der Waals surface area contributed by atoms with E-state index >= 15 is 0 Å². The van der Waals surface area contributed by atoms with Crippen molar-refractivity contribution in [2.75, 3.05) is 13.7 Å². The predicted molar refractivity (Wildman–Crippen MR) is 93.0 cm³/mol. The maximum atomic E-state index is 11.4. The van der Waals surface area contributed by atoms with Crippen LogP contribution < -0.4 is 10.1 Å². The minimum Gasteiger partial charge on any atom is -0.497 e. The molecule has 0 unspecified atom stereocenters. The number of benzene rings is 2. The van der Waals surface area contributed by atoms with Gasteiger partial charge in [0.15, 0.2) is 5.78 Å². The number of allylic oxidation sites excluding steroid dienone is 1. The van der Waals surface area contributed by atoms with Crippen LogP contribution in [0.5, 0.6) is 5.75 Å². The van der Waals surface area contributed by atoms with Crippen LogP contribution in [0.25, 0.3) is 5.70 Å². The Bertz CT molecular complexity index is 735. The second kappa shape index (κ2) is 8.45. The van der Waals surface area contributed by atoms with Crippen molar-refractivity contribution >= 4 is 11.5 Å². The van der Waals surface area contributed by atoms with Crippen LogP contribution in [0.4, 0.5) is 0 Å². The molecule has 0 aliphatic heterocycles. The summed E-state index contributed by atoms with van der Waals surface area (Å²) in [7, 11) is 1.64. The molecule has 0 radical (unpaired) electrons. The third-order valence-electron chi connectivity index (χ3n) is 3.12. The van der Waals surface area contributed by atoms with Crippen molar-refractivity contribution in [3.8, 4) is 17.6 Å². The largest absolute Gasteiger partial charge is 0.497 e. The summed E-state index contributed by atoms with van der Waals surface area (Å²) in [4.78, 5) is 11.4. The molecule has 23 heavy (non-hydrogen) atoms. The Hall–Kier alpha value is -2.99. The van der Waals surface area contributed by atoms with Crippen LogP contribution in [0, 0.1) is 11.8 Å². The van der Waals surface area contributed by atoms with Crippen molar-refractivity contribution in [1.29, 1.82) is 0 Å². The van der Waals surface area contributed by atoms with E-state index in [1.165, 1.54) is 6.92 Å². The van der Waals surface area contributed by atoms with E-state index in [-0.39, 0.29) is 5.78 Å². The van der Waals surface area contributed by atoms with Crippen LogP contribution in [0.15, 0.2) is 60.7 Å². The smallest absolute Gasteiger partial charge is 0.154 e. The van der Waals surface area contributed by atoms with Crippen LogP contribution in [-0.4, -0.2) is 19.4 Å². The molecular weight excluding hydrogens is 286 g/mol. The van der Waals surface area contributed by atoms with E-state index < -0.39 is 0 Å². The lowest BCUT2D eigenvalue weighted by atomic mass is 10.1. The molecule has 1 N–H and O–H groups in total. The Balaban J connectivity index is 2.02. The molecule has 0 heterocycles. The molecule has 2 aromatic rings. The van der Waals surface area contributed by atoms with Gasteiger partial charge in [0.2, 0.25) is 0 Å². The summed E-state index contributed by atoms with van der Waals surface area (Å²) in [6.45, 7) is 1.99. The third-order valence-corrected chi connectivity index (χ3v) is 3.12. The Labute approximate surface area is 137 Å². The second-order valence-electron chi connectivity index (χ2n) is 4.92. The van der Waals surface area contributed by atoms with E-state index in [1.54, 1.807) is 13.2 Å². The first kappa shape index (κ1) is 16.4. The lowest BCUT2D eigenvalue weighted by molar-refractivity contribution is -0.112. The van der Waals surface area contributed by atoms with Crippen molar-refractivity contribution in [3.05, 3.63) is 71.8 Å². The van der Waals surface area contributed by atoms with Crippen molar-refractivity contribution < 1.29 is 9.53 Å². The van der Waals surface area contributed by atoms with E-state index in [2.05, 4.69) is 17.2 Å². The van der Waals surface area contributed by atoms with Crippen molar-refractivity contribution in [1.82, 2.24) is 5.32 Å². The highest BCUT2D eigenvalue weighted by Crippen LogP contribution is 2.11. The summed E-state index contributed by atoms with van der Waals surface area (Å²) in [5.74, 6) is 6.94. The average molecular weight is 305 g/mol. The number of ether oxygens (including phenoxy) is 1. The van der Waals surface area contributed by atoms with E-state index in [0.717, 1.165) is 22.6 Å². The summed E-state index contributed by atoms with van der Waals surface area (Å²) in [6, 6.07) is 17.3. The van der Waals surface area contributed by atoms with E-state index in [1.807, 2.05) is 54.6 Å². The molecule has 0 aliphatic rings. The lowest BCUT2D eigenvalue weighted by Crippen LogP contribution is -2.13. The molecule has 0 aromatic heterocycles. The fraction of sp³-hybridized carbons (Fsp3) is 0.150. The van der Waals surface area contributed by atoms with Crippen LogP contribution in [-0.2, 0) is 4.79 Å². The number of carbonyl (C=O) groups excluding carboxylic acids is 1. The molecule has 116 valence electrons. The molecule has 0 fully saturated rings. The fourth-order valence-electron chi connectivity index (χ4n) is 2.02. The molecular formula is C20H19NO2. The lowest BCUT2D eigenvalue weighted by Gasteiger charge is -2.08. The van der Waals surface area contributed by atoms with Crippen molar-refractivity contribution in [2.24, 2.45) is 0 Å². The van der Waals surface area contributed by atoms with Gasteiger partial charge in [-0.05, 0) is 36.8 Å². The van der Waals surface area contributed by atoms with Crippen LogP contribution in [0.1, 0.15) is 18.1 Å². The predicted octanol–water partition coefficient (Wildman–Crippen LogP) is 3.27. The van der Waals surface area contributed by atoms with E-state index in [0.29, 0.717) is 6.54 Å².